The van der Waals surface area contributed by atoms with Gasteiger partial charge in [0.15, 0.2) is 11.5 Å². The monoisotopic (exact) mass is 425 g/mol. The summed E-state index contributed by atoms with van der Waals surface area (Å²) in [7, 11) is 0. The Morgan fingerprint density at radius 1 is 1.03 bits per heavy atom. The number of aromatic nitrogens is 3. The number of nitrogens with zero attached hydrogens (tertiary/aromatic N) is 4. The van der Waals surface area contributed by atoms with Crippen molar-refractivity contribution < 1.29 is 14.3 Å². The van der Waals surface area contributed by atoms with Crippen molar-refractivity contribution in [1.82, 2.24) is 14.8 Å². The molecule has 2 aromatic heterocycles. The van der Waals surface area contributed by atoms with Gasteiger partial charge in [-0.05, 0) is 51.0 Å². The Morgan fingerprint density at radius 2 is 1.73 bits per heavy atom. The van der Waals surface area contributed by atoms with Crippen LogP contribution in [0.1, 0.15) is 24.2 Å². The van der Waals surface area contributed by atoms with E-state index in [1.807, 2.05) is 18.2 Å². The van der Waals surface area contributed by atoms with E-state index in [9.17, 15) is 4.79 Å². The van der Waals surface area contributed by atoms with Gasteiger partial charge in [-0.3, -0.25) is 9.36 Å². The zero-order valence-corrected chi connectivity index (χ0v) is 17.7. The number of nitrogens with one attached hydrogen (secondary N) is 1. The Kier molecular flexibility index (Phi) is 4.82. The van der Waals surface area contributed by atoms with Gasteiger partial charge in [0.05, 0.1) is 0 Å². The molecule has 156 valence electrons. The fraction of sp³-hybridized carbons (Fsp3) is 0.381. The van der Waals surface area contributed by atoms with Crippen molar-refractivity contribution in [3.8, 4) is 16.6 Å². The quantitative estimate of drug-likeness (QED) is 0.689. The second kappa shape index (κ2) is 7.64. The van der Waals surface area contributed by atoms with E-state index in [1.54, 1.807) is 11.3 Å². The molecule has 0 unspecified atom stereocenters. The third-order valence-electron chi connectivity index (χ3n) is 5.64. The third-order valence-corrected chi connectivity index (χ3v) is 6.61. The number of rotatable bonds is 4. The minimum Gasteiger partial charge on any atom is -0.454 e. The van der Waals surface area contributed by atoms with Crippen molar-refractivity contribution in [2.24, 2.45) is 5.92 Å². The number of fused-ring (bicyclic) bond motifs is 1. The molecule has 1 saturated heterocycles. The Bertz CT molecular complexity index is 1060. The lowest BCUT2D eigenvalue weighted by atomic mass is 9.96. The number of hydrogen-bond acceptors (Lipinski definition) is 7. The number of ether oxygens (including phenoxy) is 2. The maximum absolute atomic E-state index is 12.7. The van der Waals surface area contributed by atoms with Crippen molar-refractivity contribution in [3.05, 3.63) is 41.7 Å². The van der Waals surface area contributed by atoms with Crippen LogP contribution in [0.2, 0.25) is 0 Å². The highest BCUT2D eigenvalue weighted by molar-refractivity contribution is 7.17. The molecule has 0 atom stereocenters. The van der Waals surface area contributed by atoms with Crippen LogP contribution < -0.4 is 19.7 Å². The van der Waals surface area contributed by atoms with Crippen molar-refractivity contribution in [1.29, 1.82) is 0 Å². The average molecular weight is 426 g/mol. The van der Waals surface area contributed by atoms with E-state index in [-0.39, 0.29) is 18.6 Å². The lowest BCUT2D eigenvalue weighted by molar-refractivity contribution is -0.120. The summed E-state index contributed by atoms with van der Waals surface area (Å²) in [4.78, 5) is 14.9. The highest BCUT2D eigenvalue weighted by atomic mass is 32.1. The minimum absolute atomic E-state index is 0.0204. The highest BCUT2D eigenvalue weighted by Gasteiger charge is 2.27. The van der Waals surface area contributed by atoms with Crippen LogP contribution in [0.5, 0.6) is 11.5 Å². The average Bonchev–Trinajstić information content (AvgIpc) is 3.48. The molecule has 9 heteroatoms. The fourth-order valence-electron chi connectivity index (χ4n) is 3.95. The van der Waals surface area contributed by atoms with E-state index in [1.165, 1.54) is 0 Å². The first-order valence-electron chi connectivity index (χ1n) is 10.0. The number of piperidine rings is 1. The van der Waals surface area contributed by atoms with E-state index in [4.69, 9.17) is 9.47 Å². The molecular weight excluding hydrogens is 402 g/mol. The Hall–Kier alpha value is -3.07. The summed E-state index contributed by atoms with van der Waals surface area (Å²) in [5.41, 5.74) is 3.03. The minimum atomic E-state index is -0.0204. The number of carbonyl (C=O) groups excluding carboxylic acids is 1. The first kappa shape index (κ1) is 18.9. The van der Waals surface area contributed by atoms with Gasteiger partial charge in [-0.1, -0.05) is 11.3 Å². The van der Waals surface area contributed by atoms with Crippen LogP contribution in [0.15, 0.2) is 30.3 Å². The maximum atomic E-state index is 12.7. The summed E-state index contributed by atoms with van der Waals surface area (Å²) in [5.74, 6) is 1.41. The van der Waals surface area contributed by atoms with E-state index >= 15 is 0 Å². The number of carbonyl (C=O) groups is 1. The van der Waals surface area contributed by atoms with Crippen LogP contribution in [0.4, 0.5) is 10.8 Å². The largest absolute Gasteiger partial charge is 0.454 e. The maximum Gasteiger partial charge on any atom is 0.231 e. The van der Waals surface area contributed by atoms with Gasteiger partial charge < -0.3 is 19.7 Å². The Labute approximate surface area is 178 Å². The summed E-state index contributed by atoms with van der Waals surface area (Å²) in [6.07, 6.45) is 1.57. The lowest BCUT2D eigenvalue weighted by Crippen LogP contribution is -2.38. The zero-order valence-electron chi connectivity index (χ0n) is 16.9. The molecule has 0 spiro atoms. The number of benzene rings is 1. The number of hydrogen-bond donors (Lipinski definition) is 1. The SMILES string of the molecule is Cc1ccc(C)n1-c1nnc(N2CCC(C(=O)Nc3ccc4c(c3)OCO4)CC2)s1. The molecule has 1 aromatic carbocycles. The van der Waals surface area contributed by atoms with E-state index in [0.29, 0.717) is 11.5 Å². The van der Waals surface area contributed by atoms with E-state index < -0.39 is 0 Å². The van der Waals surface area contributed by atoms with Crippen LogP contribution >= 0.6 is 11.3 Å². The molecule has 30 heavy (non-hydrogen) atoms. The third kappa shape index (κ3) is 3.49. The van der Waals surface area contributed by atoms with Crippen LogP contribution in [-0.2, 0) is 4.79 Å². The van der Waals surface area contributed by atoms with Gasteiger partial charge in [0, 0.05) is 42.1 Å². The summed E-state index contributed by atoms with van der Waals surface area (Å²) >= 11 is 1.59. The number of amides is 1. The molecule has 3 aromatic rings. The molecule has 0 saturated carbocycles. The first-order valence-corrected chi connectivity index (χ1v) is 10.8. The fourth-order valence-corrected chi connectivity index (χ4v) is 4.97. The van der Waals surface area contributed by atoms with Crippen molar-refractivity contribution in [3.63, 3.8) is 0 Å². The second-order valence-corrected chi connectivity index (χ2v) is 8.57. The molecular formula is C21H23N5O3S. The standard InChI is InChI=1S/C21H23N5O3S/c1-13-3-4-14(2)26(13)21-24-23-20(30-21)25-9-7-15(8-10-25)19(27)22-16-5-6-17-18(11-16)29-12-28-17/h3-6,11,15H,7-10,12H2,1-2H3,(H,22,27). The molecule has 1 N–H and O–H groups in total. The smallest absolute Gasteiger partial charge is 0.231 e. The zero-order chi connectivity index (χ0) is 20.7. The van der Waals surface area contributed by atoms with Crippen molar-refractivity contribution >= 4 is 28.1 Å². The molecule has 2 aliphatic rings. The predicted molar refractivity (Wildman–Crippen MR) is 115 cm³/mol. The highest BCUT2D eigenvalue weighted by Crippen LogP contribution is 2.35. The molecule has 5 rings (SSSR count). The summed E-state index contributed by atoms with van der Waals surface area (Å²) in [6.45, 7) is 5.94. The molecule has 0 radical (unpaired) electrons. The normalized spacial score (nSPS) is 16.1. The molecule has 4 heterocycles. The number of aryl methyl sites for hydroxylation is 2. The van der Waals surface area contributed by atoms with Gasteiger partial charge >= 0.3 is 0 Å². The Morgan fingerprint density at radius 3 is 2.50 bits per heavy atom. The van der Waals surface area contributed by atoms with E-state index in [0.717, 1.165) is 53.3 Å². The summed E-state index contributed by atoms with van der Waals surface area (Å²) in [6, 6.07) is 9.64. The van der Waals surface area contributed by atoms with Gasteiger partial charge in [0.2, 0.25) is 23.0 Å². The van der Waals surface area contributed by atoms with E-state index in [2.05, 4.69) is 51.0 Å². The predicted octanol–water partition coefficient (Wildman–Crippen LogP) is 3.53. The van der Waals surface area contributed by atoms with Gasteiger partial charge in [-0.2, -0.15) is 0 Å². The summed E-state index contributed by atoms with van der Waals surface area (Å²) in [5, 5.41) is 13.6. The van der Waals surface area contributed by atoms with Crippen molar-refractivity contribution in [2.45, 2.75) is 26.7 Å². The molecule has 8 nitrogen and oxygen atoms in total. The summed E-state index contributed by atoms with van der Waals surface area (Å²) < 4.78 is 12.8. The Balaban J connectivity index is 1.20. The van der Waals surface area contributed by atoms with Crippen LogP contribution in [0, 0.1) is 19.8 Å². The van der Waals surface area contributed by atoms with Gasteiger partial charge in [-0.15, -0.1) is 10.2 Å². The molecule has 0 aliphatic carbocycles. The lowest BCUT2D eigenvalue weighted by Gasteiger charge is -2.30. The molecule has 1 amide bonds. The van der Waals surface area contributed by atoms with Crippen LogP contribution in [-0.4, -0.2) is 40.6 Å². The van der Waals surface area contributed by atoms with Gasteiger partial charge in [0.25, 0.3) is 0 Å². The van der Waals surface area contributed by atoms with Gasteiger partial charge in [0.1, 0.15) is 0 Å². The molecule has 1 fully saturated rings. The van der Waals surface area contributed by atoms with Crippen molar-refractivity contribution in [2.75, 3.05) is 30.1 Å². The van der Waals surface area contributed by atoms with Crippen LogP contribution in [0.25, 0.3) is 5.13 Å². The topological polar surface area (TPSA) is 81.5 Å². The first-order chi connectivity index (χ1) is 14.6. The number of anilines is 2. The molecule has 0 bridgehead atoms. The van der Waals surface area contributed by atoms with Gasteiger partial charge in [-0.25, -0.2) is 0 Å². The van der Waals surface area contributed by atoms with Crippen LogP contribution in [0.3, 0.4) is 0 Å². The molecule has 2 aliphatic heterocycles. The second-order valence-electron chi connectivity index (χ2n) is 7.64.